The van der Waals surface area contributed by atoms with Gasteiger partial charge in [-0.2, -0.15) is 0 Å². The fraction of sp³-hybridized carbons (Fsp3) is 0.333. The van der Waals surface area contributed by atoms with E-state index >= 15 is 0 Å². The fourth-order valence-corrected chi connectivity index (χ4v) is 5.41. The zero-order valence-corrected chi connectivity index (χ0v) is 22.9. The van der Waals surface area contributed by atoms with Gasteiger partial charge in [0.15, 0.2) is 0 Å². The molecule has 3 aromatic rings. The number of hydrogen-bond acceptors (Lipinski definition) is 4. The lowest BCUT2D eigenvalue weighted by atomic mass is 9.88. The zero-order valence-electron chi connectivity index (χ0n) is 22.1. The van der Waals surface area contributed by atoms with E-state index in [1.807, 2.05) is 54.6 Å². The van der Waals surface area contributed by atoms with Gasteiger partial charge in [-0.05, 0) is 71.6 Å². The van der Waals surface area contributed by atoms with Gasteiger partial charge in [-0.15, -0.1) is 0 Å². The largest absolute Gasteiger partial charge is 0.497 e. The second kappa shape index (κ2) is 12.7. The van der Waals surface area contributed by atoms with Crippen LogP contribution in [0, 0.1) is 0 Å². The summed E-state index contributed by atoms with van der Waals surface area (Å²) in [5, 5.41) is 0. The first-order valence-corrected chi connectivity index (χ1v) is 14.4. The maximum absolute atomic E-state index is 12.6. The summed E-state index contributed by atoms with van der Waals surface area (Å²) in [5.41, 5.74) is 6.36. The van der Waals surface area contributed by atoms with E-state index in [9.17, 15) is 8.42 Å². The van der Waals surface area contributed by atoms with Crippen molar-refractivity contribution in [3.63, 3.8) is 0 Å². The van der Waals surface area contributed by atoms with Crippen LogP contribution in [0.2, 0.25) is 0 Å². The number of nitrogens with zero attached hydrogens (tertiary/aromatic N) is 2. The number of benzene rings is 3. The molecule has 0 aliphatic carbocycles. The van der Waals surface area contributed by atoms with E-state index in [4.69, 9.17) is 4.74 Å². The average molecular weight is 507 g/mol. The van der Waals surface area contributed by atoms with Crippen LogP contribution in [-0.4, -0.2) is 52.9 Å². The van der Waals surface area contributed by atoms with Gasteiger partial charge in [0.1, 0.15) is 5.75 Å². The van der Waals surface area contributed by atoms with E-state index in [2.05, 4.69) is 49.9 Å². The van der Waals surface area contributed by atoms with Gasteiger partial charge in [-0.3, -0.25) is 4.31 Å². The number of likely N-dealkylation sites (N-methyl/N-ethyl adjacent to an activating group) is 1. The fourth-order valence-electron chi connectivity index (χ4n) is 4.49. The second-order valence-electron chi connectivity index (χ2n) is 8.71. The Morgan fingerprint density at radius 2 is 1.31 bits per heavy atom. The molecule has 0 amide bonds. The number of methoxy groups -OCH3 is 1. The van der Waals surface area contributed by atoms with E-state index < -0.39 is 10.0 Å². The Bertz CT molecular complexity index is 1230. The van der Waals surface area contributed by atoms with Crippen molar-refractivity contribution >= 4 is 26.9 Å². The third-order valence-corrected chi connectivity index (χ3v) is 7.71. The molecular formula is C30H38N2O3S. The number of hydrogen-bond donors (Lipinski definition) is 0. The average Bonchev–Trinajstić information content (AvgIpc) is 2.90. The smallest absolute Gasteiger partial charge is 0.232 e. The minimum atomic E-state index is -3.40. The summed E-state index contributed by atoms with van der Waals surface area (Å²) in [6.07, 6.45) is 2.12. The highest BCUT2D eigenvalue weighted by molar-refractivity contribution is 7.92. The van der Waals surface area contributed by atoms with Crippen molar-refractivity contribution in [2.24, 2.45) is 0 Å². The molecule has 192 valence electrons. The van der Waals surface area contributed by atoms with Gasteiger partial charge >= 0.3 is 0 Å². The monoisotopic (exact) mass is 506 g/mol. The molecule has 0 radical (unpaired) electrons. The van der Waals surface area contributed by atoms with Crippen LogP contribution in [0.5, 0.6) is 5.75 Å². The lowest BCUT2D eigenvalue weighted by Crippen LogP contribution is -2.38. The van der Waals surface area contributed by atoms with E-state index in [1.54, 1.807) is 7.11 Å². The van der Waals surface area contributed by atoms with E-state index in [-0.39, 0.29) is 0 Å². The summed E-state index contributed by atoms with van der Waals surface area (Å²) in [7, 11) is -1.73. The Kier molecular flexibility index (Phi) is 9.73. The molecule has 0 aromatic heterocycles. The Hall–Kier alpha value is -3.09. The number of allylic oxidation sites excluding steroid dienone is 1. The molecule has 0 saturated heterocycles. The van der Waals surface area contributed by atoms with Gasteiger partial charge < -0.3 is 9.64 Å². The Morgan fingerprint density at radius 3 is 1.81 bits per heavy atom. The molecule has 0 heterocycles. The van der Waals surface area contributed by atoms with E-state index in [0.717, 1.165) is 47.5 Å². The predicted octanol–water partition coefficient (Wildman–Crippen LogP) is 6.17. The summed E-state index contributed by atoms with van der Waals surface area (Å²) in [6, 6.07) is 26.4. The number of anilines is 1. The summed E-state index contributed by atoms with van der Waals surface area (Å²) in [4.78, 5) is 2.23. The first-order chi connectivity index (χ1) is 17.3. The molecule has 0 atom stereocenters. The highest BCUT2D eigenvalue weighted by Gasteiger charge is 2.19. The van der Waals surface area contributed by atoms with E-state index in [0.29, 0.717) is 18.8 Å². The molecule has 0 saturated carbocycles. The Balaban J connectivity index is 2.07. The van der Waals surface area contributed by atoms with Crippen molar-refractivity contribution in [3.8, 4) is 5.75 Å². The normalized spacial score (nSPS) is 12.4. The topological polar surface area (TPSA) is 49.9 Å². The highest BCUT2D eigenvalue weighted by Crippen LogP contribution is 2.35. The van der Waals surface area contributed by atoms with Gasteiger partial charge in [-0.1, -0.05) is 75.4 Å². The number of sulfonamides is 1. The Morgan fingerprint density at radius 1 is 0.750 bits per heavy atom. The molecule has 3 aromatic carbocycles. The standard InChI is InChI=1S/C30H38N2O3S/c1-6-29(24-16-20-28(35-4)21-17-24)30(25-12-10-9-11-13-25)26-14-18-27(19-15-26)32(36(5,33)34)23-22-31(7-2)8-3/h9-21H,6-8,22-23H2,1-5H3/b30-29+. The third-order valence-electron chi connectivity index (χ3n) is 6.51. The zero-order chi connectivity index (χ0) is 26.1. The summed E-state index contributed by atoms with van der Waals surface area (Å²) < 4.78 is 32.1. The van der Waals surface area contributed by atoms with Gasteiger partial charge in [-0.25, -0.2) is 8.42 Å². The van der Waals surface area contributed by atoms with Crippen LogP contribution < -0.4 is 9.04 Å². The first-order valence-electron chi connectivity index (χ1n) is 12.6. The van der Waals surface area contributed by atoms with Gasteiger partial charge in [0.25, 0.3) is 0 Å². The number of ether oxygens (including phenoxy) is 1. The molecule has 36 heavy (non-hydrogen) atoms. The summed E-state index contributed by atoms with van der Waals surface area (Å²) >= 11 is 0. The van der Waals surface area contributed by atoms with Crippen molar-refractivity contribution in [2.45, 2.75) is 27.2 Å². The lowest BCUT2D eigenvalue weighted by molar-refractivity contribution is 0.313. The predicted molar refractivity (Wildman–Crippen MR) is 152 cm³/mol. The van der Waals surface area contributed by atoms with Crippen LogP contribution in [0.4, 0.5) is 5.69 Å². The van der Waals surface area contributed by atoms with Gasteiger partial charge in [0, 0.05) is 13.1 Å². The summed E-state index contributed by atoms with van der Waals surface area (Å²) in [6.45, 7) is 9.24. The molecule has 3 rings (SSSR count). The van der Waals surface area contributed by atoms with Crippen LogP contribution in [0.25, 0.3) is 11.1 Å². The molecule has 0 N–H and O–H groups in total. The van der Waals surface area contributed by atoms with Crippen molar-refractivity contribution in [3.05, 3.63) is 95.6 Å². The Labute approximate surface area is 217 Å². The maximum Gasteiger partial charge on any atom is 0.232 e. The molecule has 0 unspecified atom stereocenters. The maximum atomic E-state index is 12.6. The van der Waals surface area contributed by atoms with Gasteiger partial charge in [0.05, 0.1) is 19.1 Å². The van der Waals surface area contributed by atoms with Gasteiger partial charge in [0.2, 0.25) is 10.0 Å². The quantitative estimate of drug-likeness (QED) is 0.276. The molecule has 0 fully saturated rings. The van der Waals surface area contributed by atoms with Crippen LogP contribution >= 0.6 is 0 Å². The van der Waals surface area contributed by atoms with Crippen molar-refractivity contribution in [2.75, 3.05) is 43.8 Å². The molecule has 0 bridgehead atoms. The van der Waals surface area contributed by atoms with Crippen LogP contribution in [0.1, 0.15) is 43.9 Å². The summed E-state index contributed by atoms with van der Waals surface area (Å²) in [5.74, 6) is 0.824. The molecule has 5 nitrogen and oxygen atoms in total. The molecular weight excluding hydrogens is 468 g/mol. The van der Waals surface area contributed by atoms with Crippen LogP contribution in [0.3, 0.4) is 0 Å². The number of rotatable bonds is 12. The third kappa shape index (κ3) is 6.77. The van der Waals surface area contributed by atoms with Crippen molar-refractivity contribution in [1.82, 2.24) is 4.90 Å². The highest BCUT2D eigenvalue weighted by atomic mass is 32.2. The van der Waals surface area contributed by atoms with Crippen molar-refractivity contribution in [1.29, 1.82) is 0 Å². The second-order valence-corrected chi connectivity index (χ2v) is 10.6. The molecule has 0 aliphatic heterocycles. The minimum Gasteiger partial charge on any atom is -0.497 e. The van der Waals surface area contributed by atoms with E-state index in [1.165, 1.54) is 16.1 Å². The molecule has 0 spiro atoms. The molecule has 6 heteroatoms. The van der Waals surface area contributed by atoms with Crippen LogP contribution in [0.15, 0.2) is 78.9 Å². The SMILES string of the molecule is CC/C(=C(/c1ccccc1)c1ccc(N(CCN(CC)CC)S(C)(=O)=O)cc1)c1ccc(OC)cc1. The van der Waals surface area contributed by atoms with Crippen LogP contribution in [-0.2, 0) is 10.0 Å². The first kappa shape index (κ1) is 27.5. The molecule has 0 aliphatic rings. The minimum absolute atomic E-state index is 0.424. The lowest BCUT2D eigenvalue weighted by Gasteiger charge is -2.26. The van der Waals surface area contributed by atoms with Crippen molar-refractivity contribution < 1.29 is 13.2 Å².